The molecule has 2 fully saturated rings. The number of hydrogen-bond acceptors (Lipinski definition) is 2. The molecule has 0 aliphatic heterocycles. The van der Waals surface area contributed by atoms with Gasteiger partial charge >= 0.3 is 0 Å². The second-order valence-corrected chi connectivity index (χ2v) is 8.52. The summed E-state index contributed by atoms with van der Waals surface area (Å²) in [5, 5.41) is 7.63. The summed E-state index contributed by atoms with van der Waals surface area (Å²) >= 11 is 0. The summed E-state index contributed by atoms with van der Waals surface area (Å²) in [5.41, 5.74) is 4.00. The largest absolute Gasteiger partial charge is 0.310 e. The Kier molecular flexibility index (Phi) is 4.09. The highest BCUT2D eigenvalue weighted by molar-refractivity contribution is 5.93. The Balaban J connectivity index is 0.00000196. The van der Waals surface area contributed by atoms with Crippen LogP contribution >= 0.6 is 0 Å². The number of allylic oxidation sites excluding steroid dienone is 3. The third-order valence-corrected chi connectivity index (χ3v) is 5.87. The Morgan fingerprint density at radius 2 is 2.08 bits per heavy atom. The van der Waals surface area contributed by atoms with Crippen molar-refractivity contribution in [3.05, 3.63) is 35.1 Å². The molecule has 0 radical (unpaired) electrons. The van der Waals surface area contributed by atoms with Crippen LogP contribution in [0.5, 0.6) is 0 Å². The summed E-state index contributed by atoms with van der Waals surface area (Å²) in [6, 6.07) is 2.04. The second kappa shape index (κ2) is 6.15. The minimum absolute atomic E-state index is 0. The number of nitrogens with zero attached hydrogens (tertiary/aromatic N) is 2. The number of hydrogen-bond donors (Lipinski definition) is 1. The van der Waals surface area contributed by atoms with Crippen LogP contribution in [-0.2, 0) is 11.8 Å². The SMILES string of the molecule is CC(C)CC1=CC=C(C(C)C(=O)Nc2cc(C3CC3)nn2C)C2CC12.[HH]. The lowest BCUT2D eigenvalue weighted by Crippen LogP contribution is -2.24. The van der Waals surface area contributed by atoms with Crippen molar-refractivity contribution in [3.8, 4) is 0 Å². The molecule has 3 unspecified atom stereocenters. The smallest absolute Gasteiger partial charge is 0.232 e. The Morgan fingerprint density at radius 1 is 1.32 bits per heavy atom. The van der Waals surface area contributed by atoms with E-state index in [-0.39, 0.29) is 13.3 Å². The first-order valence-corrected chi connectivity index (χ1v) is 9.69. The minimum atomic E-state index is -0.0777. The van der Waals surface area contributed by atoms with Gasteiger partial charge in [0.2, 0.25) is 5.91 Å². The maximum absolute atomic E-state index is 12.8. The number of fused-ring (bicyclic) bond motifs is 1. The van der Waals surface area contributed by atoms with Gasteiger partial charge in [-0.25, -0.2) is 0 Å². The number of nitrogens with one attached hydrogen (secondary N) is 1. The zero-order valence-electron chi connectivity index (χ0n) is 15.7. The summed E-state index contributed by atoms with van der Waals surface area (Å²) in [4.78, 5) is 12.8. The molecule has 3 atom stereocenters. The molecule has 1 aromatic heterocycles. The van der Waals surface area contributed by atoms with E-state index in [9.17, 15) is 4.79 Å². The number of aromatic nitrogens is 2. The zero-order valence-corrected chi connectivity index (χ0v) is 15.7. The highest BCUT2D eigenvalue weighted by Gasteiger charge is 2.45. The van der Waals surface area contributed by atoms with E-state index in [1.54, 1.807) is 10.3 Å². The lowest BCUT2D eigenvalue weighted by atomic mass is 9.87. The van der Waals surface area contributed by atoms with Gasteiger partial charge in [0.25, 0.3) is 0 Å². The molecule has 1 heterocycles. The molecule has 4 heteroatoms. The summed E-state index contributed by atoms with van der Waals surface area (Å²) in [5.74, 6) is 3.41. The third kappa shape index (κ3) is 3.31. The van der Waals surface area contributed by atoms with Crippen molar-refractivity contribution in [2.45, 2.75) is 52.4 Å². The number of carbonyl (C=O) groups is 1. The molecule has 136 valence electrons. The number of anilines is 1. The second-order valence-electron chi connectivity index (χ2n) is 8.52. The van der Waals surface area contributed by atoms with Crippen LogP contribution in [0.3, 0.4) is 0 Å². The number of rotatable bonds is 6. The van der Waals surface area contributed by atoms with Crippen LogP contribution in [0.1, 0.15) is 59.5 Å². The summed E-state index contributed by atoms with van der Waals surface area (Å²) in [6.45, 7) is 6.59. The molecule has 25 heavy (non-hydrogen) atoms. The van der Waals surface area contributed by atoms with Crippen LogP contribution in [0.4, 0.5) is 5.82 Å². The first-order valence-electron chi connectivity index (χ1n) is 9.69. The topological polar surface area (TPSA) is 46.9 Å². The van der Waals surface area contributed by atoms with Gasteiger partial charge < -0.3 is 5.32 Å². The first-order chi connectivity index (χ1) is 11.9. The molecule has 0 aromatic carbocycles. The minimum Gasteiger partial charge on any atom is -0.310 e. The Morgan fingerprint density at radius 3 is 2.76 bits per heavy atom. The van der Waals surface area contributed by atoms with E-state index in [4.69, 9.17) is 0 Å². The molecule has 3 aliphatic carbocycles. The monoisotopic (exact) mass is 341 g/mol. The van der Waals surface area contributed by atoms with Crippen LogP contribution < -0.4 is 5.32 Å². The van der Waals surface area contributed by atoms with Crippen LogP contribution in [0.15, 0.2) is 29.4 Å². The molecular formula is C21H31N3O. The first kappa shape index (κ1) is 16.6. The molecule has 1 N–H and O–H groups in total. The van der Waals surface area contributed by atoms with Gasteiger partial charge in [-0.1, -0.05) is 37.1 Å². The molecule has 4 nitrogen and oxygen atoms in total. The van der Waals surface area contributed by atoms with E-state index in [2.05, 4.69) is 36.4 Å². The third-order valence-electron chi connectivity index (χ3n) is 5.87. The number of carbonyl (C=O) groups excluding carboxylic acids is 1. The lowest BCUT2D eigenvalue weighted by Gasteiger charge is -2.20. The van der Waals surface area contributed by atoms with Crippen LogP contribution in [0, 0.1) is 23.7 Å². The Bertz CT molecular complexity index is 757. The average molecular weight is 341 g/mol. The molecule has 1 amide bonds. The van der Waals surface area contributed by atoms with Gasteiger partial charge in [-0.2, -0.15) is 5.10 Å². The summed E-state index contributed by atoms with van der Waals surface area (Å²) in [7, 11) is 1.91. The van der Waals surface area contributed by atoms with Crippen LogP contribution in [-0.4, -0.2) is 15.7 Å². The maximum atomic E-state index is 12.8. The van der Waals surface area contributed by atoms with E-state index in [0.29, 0.717) is 23.7 Å². The van der Waals surface area contributed by atoms with Gasteiger partial charge in [0.15, 0.2) is 0 Å². The van der Waals surface area contributed by atoms with Crippen molar-refractivity contribution in [2.75, 3.05) is 5.32 Å². The van der Waals surface area contributed by atoms with E-state index < -0.39 is 0 Å². The standard InChI is InChI=1S/C21H29N3O.H2/c1-12(2)9-15-7-8-16(18-10-17(15)18)13(3)21(25)22-20-11-19(14-5-6-14)23-24(20)4;/h7-8,11-14,17-18H,5-6,9-10H2,1-4H3,(H,22,25);1H. The van der Waals surface area contributed by atoms with Gasteiger partial charge in [0.1, 0.15) is 5.82 Å². The van der Waals surface area contributed by atoms with Crippen molar-refractivity contribution in [1.82, 2.24) is 9.78 Å². The highest BCUT2D eigenvalue weighted by atomic mass is 16.2. The predicted octanol–water partition coefficient (Wildman–Crippen LogP) is 4.67. The molecule has 4 rings (SSSR count). The van der Waals surface area contributed by atoms with Crippen molar-refractivity contribution < 1.29 is 6.22 Å². The van der Waals surface area contributed by atoms with E-state index in [1.807, 2.05) is 20.0 Å². The maximum Gasteiger partial charge on any atom is 0.232 e. The van der Waals surface area contributed by atoms with E-state index >= 15 is 0 Å². The molecule has 0 saturated heterocycles. The average Bonchev–Trinajstić information content (AvgIpc) is 3.45. The number of amides is 1. The van der Waals surface area contributed by atoms with Gasteiger partial charge in [0, 0.05) is 20.5 Å². The van der Waals surface area contributed by atoms with Gasteiger partial charge in [-0.3, -0.25) is 9.48 Å². The Hall–Kier alpha value is -1.84. The predicted molar refractivity (Wildman–Crippen MR) is 102 cm³/mol. The summed E-state index contributed by atoms with van der Waals surface area (Å²) in [6.07, 6.45) is 9.35. The van der Waals surface area contributed by atoms with Crippen LogP contribution in [0.25, 0.3) is 0 Å². The molecular weight excluding hydrogens is 310 g/mol. The van der Waals surface area contributed by atoms with Crippen molar-refractivity contribution in [3.63, 3.8) is 0 Å². The highest BCUT2D eigenvalue weighted by Crippen LogP contribution is 2.54. The molecule has 3 aliphatic rings. The fourth-order valence-electron chi connectivity index (χ4n) is 4.15. The van der Waals surface area contributed by atoms with Crippen molar-refractivity contribution in [1.29, 1.82) is 0 Å². The fraction of sp³-hybridized carbons (Fsp3) is 0.619. The molecule has 0 spiro atoms. The molecule has 1 aromatic rings. The fourth-order valence-corrected chi connectivity index (χ4v) is 4.15. The molecule has 2 saturated carbocycles. The summed E-state index contributed by atoms with van der Waals surface area (Å²) < 4.78 is 1.80. The van der Waals surface area contributed by atoms with E-state index in [1.165, 1.54) is 31.3 Å². The van der Waals surface area contributed by atoms with Crippen molar-refractivity contribution in [2.24, 2.45) is 30.7 Å². The van der Waals surface area contributed by atoms with Gasteiger partial charge in [-0.15, -0.1) is 0 Å². The number of aryl methyl sites for hydroxylation is 1. The normalized spacial score (nSPS) is 26.0. The quantitative estimate of drug-likeness (QED) is 0.817. The van der Waals surface area contributed by atoms with E-state index in [0.717, 1.165) is 11.5 Å². The molecule has 0 bridgehead atoms. The van der Waals surface area contributed by atoms with Crippen molar-refractivity contribution >= 4 is 11.7 Å². The Labute approximate surface area is 151 Å². The lowest BCUT2D eigenvalue weighted by molar-refractivity contribution is -0.118. The van der Waals surface area contributed by atoms with Crippen LogP contribution in [0.2, 0.25) is 0 Å². The van der Waals surface area contributed by atoms with Gasteiger partial charge in [0.05, 0.1) is 11.6 Å². The van der Waals surface area contributed by atoms with Gasteiger partial charge in [-0.05, 0) is 50.4 Å². The zero-order chi connectivity index (χ0) is 17.7.